The van der Waals surface area contributed by atoms with Crippen molar-refractivity contribution in [1.82, 2.24) is 20.2 Å². The number of carbonyl (C=O) groups is 1. The molecule has 8 nitrogen and oxygen atoms in total. The summed E-state index contributed by atoms with van der Waals surface area (Å²) in [6, 6.07) is 26.0. The minimum absolute atomic E-state index is 0.211. The van der Waals surface area contributed by atoms with Crippen LogP contribution >= 0.6 is 0 Å². The van der Waals surface area contributed by atoms with Gasteiger partial charge >= 0.3 is 5.97 Å². The molecule has 35 heavy (non-hydrogen) atoms. The molecule has 0 radical (unpaired) electrons. The first-order valence-corrected chi connectivity index (χ1v) is 10.9. The van der Waals surface area contributed by atoms with Crippen LogP contribution in [0.4, 0.5) is 11.6 Å². The number of carboxylic acids is 1. The maximum atomic E-state index is 11.1. The molecule has 172 valence electrons. The Kier molecular flexibility index (Phi) is 6.17. The molecule has 0 amide bonds. The molecule has 5 aromatic rings. The third kappa shape index (κ3) is 5.17. The summed E-state index contributed by atoms with van der Waals surface area (Å²) in [5.41, 5.74) is 5.12. The van der Waals surface area contributed by atoms with E-state index in [0.717, 1.165) is 28.1 Å². The zero-order chi connectivity index (χ0) is 24.0. The molecule has 2 heterocycles. The van der Waals surface area contributed by atoms with Crippen molar-refractivity contribution in [2.24, 2.45) is 0 Å². The van der Waals surface area contributed by atoms with Gasteiger partial charge in [-0.2, -0.15) is 5.10 Å². The highest BCUT2D eigenvalue weighted by Gasteiger charge is 2.14. The molecule has 3 N–H and O–H groups in total. The van der Waals surface area contributed by atoms with Crippen molar-refractivity contribution >= 4 is 17.6 Å². The molecule has 0 bridgehead atoms. The molecule has 0 aliphatic heterocycles. The highest BCUT2D eigenvalue weighted by molar-refractivity contribution is 5.88. The van der Waals surface area contributed by atoms with Gasteiger partial charge in [0.25, 0.3) is 0 Å². The van der Waals surface area contributed by atoms with E-state index in [9.17, 15) is 4.79 Å². The maximum Gasteiger partial charge on any atom is 0.335 e. The molecule has 0 spiro atoms. The van der Waals surface area contributed by atoms with Gasteiger partial charge in [0.15, 0.2) is 0 Å². The van der Waals surface area contributed by atoms with Gasteiger partial charge in [0, 0.05) is 29.2 Å². The molecule has 0 aliphatic carbocycles. The summed E-state index contributed by atoms with van der Waals surface area (Å²) in [6.45, 7) is 0.478. The van der Waals surface area contributed by atoms with Gasteiger partial charge in [0.2, 0.25) is 5.95 Å². The van der Waals surface area contributed by atoms with Crippen molar-refractivity contribution in [3.05, 3.63) is 108 Å². The summed E-state index contributed by atoms with van der Waals surface area (Å²) in [5.74, 6) is 0.157. The highest BCUT2D eigenvalue weighted by Crippen LogP contribution is 2.31. The molecular formula is C27H21N5O3. The van der Waals surface area contributed by atoms with Crippen LogP contribution in [0, 0.1) is 0 Å². The Morgan fingerprint density at radius 3 is 2.60 bits per heavy atom. The van der Waals surface area contributed by atoms with E-state index in [-0.39, 0.29) is 5.56 Å². The summed E-state index contributed by atoms with van der Waals surface area (Å²) < 4.78 is 5.97. The van der Waals surface area contributed by atoms with Gasteiger partial charge in [-0.15, -0.1) is 0 Å². The molecular weight excluding hydrogens is 442 g/mol. The summed E-state index contributed by atoms with van der Waals surface area (Å²) in [6.07, 6.45) is 3.45. The third-order valence-electron chi connectivity index (χ3n) is 5.32. The molecule has 0 saturated heterocycles. The standard InChI is InChI=1S/C27H21N5O3/c33-26(34)19-9-11-21(12-10-19)30-27-28-14-13-24(31-27)23-16-29-32-25(23)20-7-4-8-22(15-20)35-17-18-5-2-1-3-6-18/h1-16H,17H2,(H,29,32)(H,33,34)(H,28,30,31). The predicted octanol–water partition coefficient (Wildman–Crippen LogP) is 5.55. The minimum atomic E-state index is -0.975. The van der Waals surface area contributed by atoms with E-state index < -0.39 is 5.97 Å². The number of hydrogen-bond donors (Lipinski definition) is 3. The van der Waals surface area contributed by atoms with Gasteiger partial charge in [-0.1, -0.05) is 42.5 Å². The summed E-state index contributed by atoms with van der Waals surface area (Å²) in [4.78, 5) is 20.0. The second-order valence-corrected chi connectivity index (χ2v) is 7.72. The number of nitrogens with one attached hydrogen (secondary N) is 2. The smallest absolute Gasteiger partial charge is 0.335 e. The molecule has 0 atom stereocenters. The molecule has 0 fully saturated rings. The first kappa shape index (κ1) is 21.8. The van der Waals surface area contributed by atoms with Crippen LogP contribution in [0.3, 0.4) is 0 Å². The third-order valence-corrected chi connectivity index (χ3v) is 5.32. The first-order chi connectivity index (χ1) is 17.2. The molecule has 0 unspecified atom stereocenters. The Bertz CT molecular complexity index is 1450. The van der Waals surface area contributed by atoms with Gasteiger partial charge in [-0.25, -0.2) is 14.8 Å². The molecule has 5 rings (SSSR count). The largest absolute Gasteiger partial charge is 0.489 e. The quantitative estimate of drug-likeness (QED) is 0.276. The van der Waals surface area contributed by atoms with Crippen molar-refractivity contribution in [1.29, 1.82) is 0 Å². The number of rotatable bonds is 8. The van der Waals surface area contributed by atoms with Crippen LogP contribution in [0.5, 0.6) is 5.75 Å². The monoisotopic (exact) mass is 463 g/mol. The second kappa shape index (κ2) is 9.88. The van der Waals surface area contributed by atoms with Crippen molar-refractivity contribution in [3.63, 3.8) is 0 Å². The number of anilines is 2. The molecule has 3 aromatic carbocycles. The molecule has 8 heteroatoms. The van der Waals surface area contributed by atoms with Crippen LogP contribution in [0.25, 0.3) is 22.5 Å². The van der Waals surface area contributed by atoms with Gasteiger partial charge in [-0.05, 0) is 48.0 Å². The van der Waals surface area contributed by atoms with Crippen LogP contribution in [0.1, 0.15) is 15.9 Å². The van der Waals surface area contributed by atoms with Crippen LogP contribution in [0.15, 0.2) is 97.3 Å². The maximum absolute atomic E-state index is 11.1. The number of H-pyrrole nitrogens is 1. The lowest BCUT2D eigenvalue weighted by Gasteiger charge is -2.09. The average molecular weight is 463 g/mol. The fourth-order valence-electron chi connectivity index (χ4n) is 3.57. The molecule has 0 aliphatic rings. The van der Waals surface area contributed by atoms with E-state index in [1.807, 2.05) is 60.7 Å². The van der Waals surface area contributed by atoms with Crippen molar-refractivity contribution < 1.29 is 14.6 Å². The average Bonchev–Trinajstić information content (AvgIpc) is 3.39. The predicted molar refractivity (Wildman–Crippen MR) is 133 cm³/mol. The van der Waals surface area contributed by atoms with Crippen molar-refractivity contribution in [2.75, 3.05) is 5.32 Å². The Labute approximate surface area is 201 Å². The van der Waals surface area contributed by atoms with Crippen LogP contribution in [-0.4, -0.2) is 31.2 Å². The number of aromatic carboxylic acids is 1. The molecule has 0 saturated carbocycles. The lowest BCUT2D eigenvalue weighted by Crippen LogP contribution is -2.00. The van der Waals surface area contributed by atoms with Crippen molar-refractivity contribution in [2.45, 2.75) is 6.61 Å². The number of ether oxygens (including phenoxy) is 1. The first-order valence-electron chi connectivity index (χ1n) is 10.9. The van der Waals surface area contributed by atoms with E-state index >= 15 is 0 Å². The van der Waals surface area contributed by atoms with Gasteiger partial charge in [-0.3, -0.25) is 5.10 Å². The topological polar surface area (TPSA) is 113 Å². The summed E-state index contributed by atoms with van der Waals surface area (Å²) in [5, 5.41) is 19.5. The normalized spacial score (nSPS) is 10.6. The fraction of sp³-hybridized carbons (Fsp3) is 0.0370. The Morgan fingerprint density at radius 2 is 1.80 bits per heavy atom. The number of aromatic nitrogens is 4. The van der Waals surface area contributed by atoms with Crippen molar-refractivity contribution in [3.8, 4) is 28.3 Å². The van der Waals surface area contributed by atoms with E-state index in [2.05, 4.69) is 25.5 Å². The van der Waals surface area contributed by atoms with Gasteiger partial charge in [0.05, 0.1) is 11.3 Å². The van der Waals surface area contributed by atoms with Gasteiger partial charge < -0.3 is 15.2 Å². The fourth-order valence-corrected chi connectivity index (χ4v) is 3.57. The Morgan fingerprint density at radius 1 is 0.971 bits per heavy atom. The van der Waals surface area contributed by atoms with Crippen LogP contribution < -0.4 is 10.1 Å². The zero-order valence-electron chi connectivity index (χ0n) is 18.6. The summed E-state index contributed by atoms with van der Waals surface area (Å²) in [7, 11) is 0. The van der Waals surface area contributed by atoms with E-state index in [1.165, 1.54) is 12.1 Å². The molecule has 2 aromatic heterocycles. The number of carboxylic acid groups (broad SMARTS) is 1. The SMILES string of the molecule is O=C(O)c1ccc(Nc2nccc(-c3c[nH]nc3-c3cccc(OCc4ccccc4)c3)n2)cc1. The number of nitrogens with zero attached hydrogens (tertiary/aromatic N) is 3. The van der Waals surface area contributed by atoms with E-state index in [4.69, 9.17) is 9.84 Å². The van der Waals surface area contributed by atoms with Crippen LogP contribution in [-0.2, 0) is 6.61 Å². The van der Waals surface area contributed by atoms with E-state index in [0.29, 0.717) is 23.9 Å². The zero-order valence-corrected chi connectivity index (χ0v) is 18.6. The van der Waals surface area contributed by atoms with E-state index in [1.54, 1.807) is 24.5 Å². The minimum Gasteiger partial charge on any atom is -0.489 e. The summed E-state index contributed by atoms with van der Waals surface area (Å²) >= 11 is 0. The van der Waals surface area contributed by atoms with Gasteiger partial charge in [0.1, 0.15) is 18.1 Å². The number of aromatic amines is 1. The number of hydrogen-bond acceptors (Lipinski definition) is 6. The van der Waals surface area contributed by atoms with Crippen LogP contribution in [0.2, 0.25) is 0 Å². The highest BCUT2D eigenvalue weighted by atomic mass is 16.5. The lowest BCUT2D eigenvalue weighted by atomic mass is 10.1. The Hall–Kier alpha value is -4.98. The lowest BCUT2D eigenvalue weighted by molar-refractivity contribution is 0.0697. The Balaban J connectivity index is 1.36. The number of benzene rings is 3. The second-order valence-electron chi connectivity index (χ2n) is 7.72.